The Labute approximate surface area is 191 Å². The Hall–Kier alpha value is -1.95. The van der Waals surface area contributed by atoms with Gasteiger partial charge in [0.1, 0.15) is 12.2 Å². The summed E-state index contributed by atoms with van der Waals surface area (Å²) in [7, 11) is 0. The Morgan fingerprint density at radius 2 is 1.94 bits per heavy atom. The summed E-state index contributed by atoms with van der Waals surface area (Å²) in [5.74, 6) is -0.781. The van der Waals surface area contributed by atoms with Crippen molar-refractivity contribution in [3.05, 3.63) is 59.2 Å². The highest BCUT2D eigenvalue weighted by molar-refractivity contribution is 5.76. The first-order valence-electron chi connectivity index (χ1n) is 12.0. The Balaban J connectivity index is 1.34. The zero-order valence-corrected chi connectivity index (χ0v) is 19.6. The number of allylic oxidation sites excluding steroid dienone is 3. The molecule has 5 rings (SSSR count). The zero-order chi connectivity index (χ0) is 22.5. The van der Waals surface area contributed by atoms with Crippen LogP contribution < -0.4 is 5.32 Å². The molecule has 5 nitrogen and oxygen atoms in total. The van der Waals surface area contributed by atoms with E-state index in [-0.39, 0.29) is 41.5 Å². The van der Waals surface area contributed by atoms with Crippen LogP contribution in [0.5, 0.6) is 0 Å². The molecule has 0 spiro atoms. The molecule has 4 aliphatic rings. The van der Waals surface area contributed by atoms with Crippen LogP contribution in [0, 0.1) is 17.3 Å². The number of esters is 1. The third-order valence-electron chi connectivity index (χ3n) is 7.81. The van der Waals surface area contributed by atoms with Gasteiger partial charge in [0.05, 0.1) is 18.6 Å². The minimum atomic E-state index is -0.640. The van der Waals surface area contributed by atoms with Crippen molar-refractivity contribution in [1.29, 1.82) is 0 Å². The van der Waals surface area contributed by atoms with Crippen LogP contribution in [0.2, 0.25) is 0 Å². The van der Waals surface area contributed by atoms with E-state index in [9.17, 15) is 4.79 Å². The third kappa shape index (κ3) is 3.95. The topological polar surface area (TPSA) is 56.8 Å². The fourth-order valence-electron chi connectivity index (χ4n) is 6.05. The van der Waals surface area contributed by atoms with Crippen LogP contribution in [0.15, 0.2) is 53.6 Å². The number of fused-ring (bicyclic) bond motifs is 2. The predicted octanol–water partition coefficient (Wildman–Crippen LogP) is 4.70. The van der Waals surface area contributed by atoms with Crippen LogP contribution >= 0.6 is 0 Å². The highest BCUT2D eigenvalue weighted by Gasteiger charge is 2.51. The maximum Gasteiger partial charge on any atom is 0.311 e. The summed E-state index contributed by atoms with van der Waals surface area (Å²) < 4.78 is 18.2. The molecular weight excluding hydrogens is 402 g/mol. The molecule has 0 unspecified atom stereocenters. The van der Waals surface area contributed by atoms with Gasteiger partial charge in [0, 0.05) is 12.5 Å². The molecule has 0 aromatic heterocycles. The fourth-order valence-corrected chi connectivity index (χ4v) is 6.05. The summed E-state index contributed by atoms with van der Waals surface area (Å²) in [6, 6.07) is 10.2. The largest absolute Gasteiger partial charge is 0.461 e. The number of carbonyl (C=O) groups is 1. The molecule has 2 aliphatic heterocycles. The number of hydrogen-bond donors (Lipinski definition) is 1. The summed E-state index contributed by atoms with van der Waals surface area (Å²) >= 11 is 0. The molecule has 0 amide bonds. The maximum absolute atomic E-state index is 12.9. The highest BCUT2D eigenvalue weighted by Crippen LogP contribution is 2.52. The molecular formula is C27H35NO4. The Morgan fingerprint density at radius 1 is 1.16 bits per heavy atom. The van der Waals surface area contributed by atoms with Crippen LogP contribution in [0.1, 0.15) is 58.6 Å². The van der Waals surface area contributed by atoms with Gasteiger partial charge in [-0.05, 0) is 56.6 Å². The summed E-state index contributed by atoms with van der Waals surface area (Å²) in [4.78, 5) is 12.9. The van der Waals surface area contributed by atoms with E-state index < -0.39 is 5.79 Å². The highest BCUT2D eigenvalue weighted by atomic mass is 16.7. The Kier molecular flexibility index (Phi) is 5.55. The average Bonchev–Trinajstić information content (AvgIpc) is 3.05. The number of carbonyl (C=O) groups excluding carboxylic acids is 1. The quantitative estimate of drug-likeness (QED) is 0.692. The second-order valence-electron chi connectivity index (χ2n) is 10.6. The number of benzene rings is 1. The van der Waals surface area contributed by atoms with Crippen LogP contribution in [0.4, 0.5) is 0 Å². The molecule has 2 heterocycles. The van der Waals surface area contributed by atoms with Gasteiger partial charge in [-0.15, -0.1) is 0 Å². The Bertz CT molecular complexity index is 936. The summed E-state index contributed by atoms with van der Waals surface area (Å²) in [5, 5.41) is 3.61. The lowest BCUT2D eigenvalue weighted by Gasteiger charge is -2.43. The van der Waals surface area contributed by atoms with Gasteiger partial charge in [0.2, 0.25) is 0 Å². The third-order valence-corrected chi connectivity index (χ3v) is 7.81. The van der Waals surface area contributed by atoms with E-state index in [0.717, 1.165) is 24.8 Å². The molecule has 6 atom stereocenters. The van der Waals surface area contributed by atoms with Crippen LogP contribution in [0.25, 0.3) is 0 Å². The summed E-state index contributed by atoms with van der Waals surface area (Å²) in [6.07, 6.45) is 7.69. The number of hydrogen-bond acceptors (Lipinski definition) is 5. The molecule has 1 aromatic carbocycles. The molecule has 2 aliphatic carbocycles. The second-order valence-corrected chi connectivity index (χ2v) is 10.6. The minimum Gasteiger partial charge on any atom is -0.461 e. The first-order valence-corrected chi connectivity index (χ1v) is 12.0. The molecule has 1 aromatic rings. The van der Waals surface area contributed by atoms with Gasteiger partial charge >= 0.3 is 5.97 Å². The molecule has 2 fully saturated rings. The van der Waals surface area contributed by atoms with E-state index in [2.05, 4.69) is 43.4 Å². The van der Waals surface area contributed by atoms with E-state index in [4.69, 9.17) is 14.2 Å². The molecule has 2 saturated heterocycles. The van der Waals surface area contributed by atoms with E-state index in [1.807, 2.05) is 32.0 Å². The minimum absolute atomic E-state index is 0.0170. The zero-order valence-electron chi connectivity index (χ0n) is 19.6. The van der Waals surface area contributed by atoms with Crippen LogP contribution in [-0.2, 0) is 19.0 Å². The molecule has 32 heavy (non-hydrogen) atoms. The molecule has 1 N–H and O–H groups in total. The smallest absolute Gasteiger partial charge is 0.311 e. The van der Waals surface area contributed by atoms with Gasteiger partial charge in [-0.2, -0.15) is 0 Å². The van der Waals surface area contributed by atoms with Gasteiger partial charge in [0.25, 0.3) is 0 Å². The fraction of sp³-hybridized carbons (Fsp3) is 0.593. The maximum atomic E-state index is 12.9. The van der Waals surface area contributed by atoms with Crippen molar-refractivity contribution in [3.8, 4) is 0 Å². The van der Waals surface area contributed by atoms with Crippen molar-refractivity contribution in [2.45, 2.75) is 71.0 Å². The molecule has 0 saturated carbocycles. The molecule has 0 radical (unpaired) electrons. The number of rotatable bonds is 4. The van der Waals surface area contributed by atoms with Crippen LogP contribution in [-0.4, -0.2) is 37.1 Å². The van der Waals surface area contributed by atoms with Crippen molar-refractivity contribution in [2.75, 3.05) is 13.2 Å². The first kappa shape index (κ1) is 21.9. The van der Waals surface area contributed by atoms with E-state index in [0.29, 0.717) is 13.2 Å². The summed E-state index contributed by atoms with van der Waals surface area (Å²) in [6.45, 7) is 9.52. The molecule has 172 valence electrons. The predicted molar refractivity (Wildman–Crippen MR) is 123 cm³/mol. The van der Waals surface area contributed by atoms with Crippen molar-refractivity contribution < 1.29 is 19.0 Å². The second kappa shape index (κ2) is 8.12. The van der Waals surface area contributed by atoms with Crippen molar-refractivity contribution >= 4 is 5.97 Å². The lowest BCUT2D eigenvalue weighted by Crippen LogP contribution is -2.52. The Morgan fingerprint density at radius 3 is 2.72 bits per heavy atom. The van der Waals surface area contributed by atoms with E-state index in [1.54, 1.807) is 0 Å². The van der Waals surface area contributed by atoms with E-state index in [1.165, 1.54) is 11.1 Å². The number of nitrogens with one attached hydrogen (secondary N) is 1. The SMILES string of the molecule is CC1=CCC[C@]2(C)C[C@H]3OC(=O)[C@@H](CN[C@H]4COC(C)(C)O[C@H]4c4ccccc4)[C@H]3C=C12. The van der Waals surface area contributed by atoms with Crippen molar-refractivity contribution in [3.63, 3.8) is 0 Å². The first-order chi connectivity index (χ1) is 15.3. The van der Waals surface area contributed by atoms with Crippen molar-refractivity contribution in [2.24, 2.45) is 17.3 Å². The normalized spacial score (nSPS) is 38.2. The molecule has 5 heteroatoms. The van der Waals surface area contributed by atoms with Crippen molar-refractivity contribution in [1.82, 2.24) is 5.32 Å². The van der Waals surface area contributed by atoms with Gasteiger partial charge < -0.3 is 19.5 Å². The van der Waals surface area contributed by atoms with Gasteiger partial charge in [-0.25, -0.2) is 0 Å². The summed E-state index contributed by atoms with van der Waals surface area (Å²) in [5.41, 5.74) is 4.02. The van der Waals surface area contributed by atoms with Gasteiger partial charge in [-0.3, -0.25) is 4.79 Å². The average molecular weight is 438 g/mol. The van der Waals surface area contributed by atoms with E-state index >= 15 is 0 Å². The van der Waals surface area contributed by atoms with Crippen LogP contribution in [0.3, 0.4) is 0 Å². The van der Waals surface area contributed by atoms with Gasteiger partial charge in [-0.1, -0.05) is 55.0 Å². The standard InChI is InChI=1S/C27H35NO4/c1-17-9-8-12-27(4)14-23-19(13-21(17)27)20(25(29)31-23)15-28-22-16-30-26(2,3)32-24(22)18-10-6-5-7-11-18/h5-7,9-11,13,19-20,22-24,28H,8,12,14-16H2,1-4H3/t19-,20+,22+,23-,24+,27-/m1/s1. The van der Waals surface area contributed by atoms with Gasteiger partial charge in [0.15, 0.2) is 5.79 Å². The lowest BCUT2D eigenvalue weighted by molar-refractivity contribution is -0.285. The lowest BCUT2D eigenvalue weighted by atomic mass is 9.62. The molecule has 0 bridgehead atoms. The number of ether oxygens (including phenoxy) is 3. The monoisotopic (exact) mass is 437 g/mol.